The second kappa shape index (κ2) is 7.16. The largest absolute Gasteiger partial charge is 0.373 e. The van der Waals surface area contributed by atoms with Crippen molar-refractivity contribution < 1.29 is 0 Å². The molecule has 19 heavy (non-hydrogen) atoms. The van der Waals surface area contributed by atoms with Crippen LogP contribution in [0.5, 0.6) is 0 Å². The monoisotopic (exact) mass is 280 g/mol. The zero-order chi connectivity index (χ0) is 13.7. The number of nitrogens with zero attached hydrogens (tertiary/aromatic N) is 1. The van der Waals surface area contributed by atoms with Crippen molar-refractivity contribution in [3.05, 3.63) is 28.8 Å². The highest BCUT2D eigenvalue weighted by atomic mass is 35.5. The number of nitrogens with one attached hydrogen (secondary N) is 1. The Morgan fingerprint density at radius 3 is 2.68 bits per heavy atom. The van der Waals surface area contributed by atoms with Gasteiger partial charge in [-0.05, 0) is 37.4 Å². The van der Waals surface area contributed by atoms with Crippen LogP contribution in [0.25, 0.3) is 0 Å². The van der Waals surface area contributed by atoms with E-state index in [0.29, 0.717) is 0 Å². The minimum absolute atomic E-state index is 0.831. The van der Waals surface area contributed by atoms with Gasteiger partial charge in [0, 0.05) is 20.1 Å². The van der Waals surface area contributed by atoms with E-state index in [1.165, 1.54) is 43.4 Å². The molecule has 1 fully saturated rings. The lowest BCUT2D eigenvalue weighted by atomic mass is 9.89. The molecule has 106 valence electrons. The summed E-state index contributed by atoms with van der Waals surface area (Å²) < 4.78 is 0. The molecular formula is C16H25ClN2. The van der Waals surface area contributed by atoms with E-state index in [0.717, 1.165) is 24.0 Å². The van der Waals surface area contributed by atoms with E-state index in [2.05, 4.69) is 23.3 Å². The predicted octanol–water partition coefficient (Wildman–Crippen LogP) is 4.08. The minimum atomic E-state index is 0.831. The van der Waals surface area contributed by atoms with Crippen molar-refractivity contribution in [2.45, 2.75) is 38.6 Å². The number of para-hydroxylation sites is 1. The molecule has 0 radical (unpaired) electrons. The summed E-state index contributed by atoms with van der Waals surface area (Å²) in [5.74, 6) is 0.831. The van der Waals surface area contributed by atoms with Gasteiger partial charge in [0.15, 0.2) is 0 Å². The van der Waals surface area contributed by atoms with Gasteiger partial charge in [-0.2, -0.15) is 0 Å². The van der Waals surface area contributed by atoms with E-state index >= 15 is 0 Å². The average molecular weight is 281 g/mol. The summed E-state index contributed by atoms with van der Waals surface area (Å²) >= 11 is 6.41. The van der Waals surface area contributed by atoms with E-state index in [-0.39, 0.29) is 0 Å². The molecule has 2 rings (SSSR count). The van der Waals surface area contributed by atoms with Crippen molar-refractivity contribution in [3.63, 3.8) is 0 Å². The van der Waals surface area contributed by atoms with Crippen LogP contribution in [0, 0.1) is 5.92 Å². The first-order valence-electron chi connectivity index (χ1n) is 7.35. The molecule has 1 N–H and O–H groups in total. The number of hydrogen-bond donors (Lipinski definition) is 1. The maximum Gasteiger partial charge on any atom is 0.0642 e. The molecular weight excluding hydrogens is 256 g/mol. The van der Waals surface area contributed by atoms with E-state index in [4.69, 9.17) is 11.6 Å². The standard InChI is InChI=1S/C16H25ClN2/c1-18-11-14-9-6-10-15(17)16(14)19(2)12-13-7-4-3-5-8-13/h6,9-10,13,18H,3-5,7-8,11-12H2,1-2H3. The summed E-state index contributed by atoms with van der Waals surface area (Å²) in [5, 5.41) is 4.09. The summed E-state index contributed by atoms with van der Waals surface area (Å²) in [6.45, 7) is 1.99. The molecule has 1 saturated carbocycles. The van der Waals surface area contributed by atoms with E-state index in [1.807, 2.05) is 19.2 Å². The molecule has 0 saturated heterocycles. The molecule has 0 bridgehead atoms. The first kappa shape index (κ1) is 14.7. The number of benzene rings is 1. The lowest BCUT2D eigenvalue weighted by molar-refractivity contribution is 0.362. The first-order valence-corrected chi connectivity index (χ1v) is 7.73. The Morgan fingerprint density at radius 1 is 1.26 bits per heavy atom. The van der Waals surface area contributed by atoms with Crippen molar-refractivity contribution in [2.24, 2.45) is 5.92 Å². The molecule has 0 atom stereocenters. The fourth-order valence-electron chi connectivity index (χ4n) is 3.17. The molecule has 0 aromatic heterocycles. The topological polar surface area (TPSA) is 15.3 Å². The Balaban J connectivity index is 2.10. The maximum atomic E-state index is 6.41. The zero-order valence-corrected chi connectivity index (χ0v) is 12.8. The van der Waals surface area contributed by atoms with E-state index in [9.17, 15) is 0 Å². The smallest absolute Gasteiger partial charge is 0.0642 e. The molecule has 2 nitrogen and oxygen atoms in total. The Bertz CT molecular complexity index is 400. The van der Waals surface area contributed by atoms with Crippen LogP contribution in [-0.4, -0.2) is 20.6 Å². The summed E-state index contributed by atoms with van der Waals surface area (Å²) in [6, 6.07) is 6.19. The van der Waals surface area contributed by atoms with Gasteiger partial charge in [-0.15, -0.1) is 0 Å². The maximum absolute atomic E-state index is 6.41. The highest BCUT2D eigenvalue weighted by Gasteiger charge is 2.18. The normalized spacial score (nSPS) is 16.6. The zero-order valence-electron chi connectivity index (χ0n) is 12.1. The molecule has 0 aliphatic heterocycles. The minimum Gasteiger partial charge on any atom is -0.373 e. The van der Waals surface area contributed by atoms with Gasteiger partial charge >= 0.3 is 0 Å². The Hall–Kier alpha value is -0.730. The van der Waals surface area contributed by atoms with Gasteiger partial charge in [-0.1, -0.05) is 43.0 Å². The van der Waals surface area contributed by atoms with Crippen molar-refractivity contribution in [1.29, 1.82) is 0 Å². The number of halogens is 1. The Kier molecular flexibility index (Phi) is 5.53. The van der Waals surface area contributed by atoms with Crippen LogP contribution in [0.4, 0.5) is 5.69 Å². The third kappa shape index (κ3) is 3.87. The van der Waals surface area contributed by atoms with Gasteiger partial charge in [-0.3, -0.25) is 0 Å². The highest BCUT2D eigenvalue weighted by molar-refractivity contribution is 6.33. The fourth-order valence-corrected chi connectivity index (χ4v) is 3.51. The van der Waals surface area contributed by atoms with Crippen molar-refractivity contribution in [1.82, 2.24) is 5.32 Å². The van der Waals surface area contributed by atoms with Gasteiger partial charge in [0.1, 0.15) is 0 Å². The van der Waals surface area contributed by atoms with Crippen molar-refractivity contribution >= 4 is 17.3 Å². The summed E-state index contributed by atoms with van der Waals surface area (Å²) in [7, 11) is 4.15. The molecule has 1 aromatic carbocycles. The molecule has 1 aromatic rings. The van der Waals surface area contributed by atoms with Crippen LogP contribution < -0.4 is 10.2 Å². The lowest BCUT2D eigenvalue weighted by Crippen LogP contribution is -2.28. The highest BCUT2D eigenvalue weighted by Crippen LogP contribution is 2.32. The fraction of sp³-hybridized carbons (Fsp3) is 0.625. The summed E-state index contributed by atoms with van der Waals surface area (Å²) in [4.78, 5) is 2.35. The number of rotatable bonds is 5. The van der Waals surface area contributed by atoms with E-state index in [1.54, 1.807) is 0 Å². The van der Waals surface area contributed by atoms with Gasteiger partial charge < -0.3 is 10.2 Å². The number of hydrogen-bond acceptors (Lipinski definition) is 2. The molecule has 3 heteroatoms. The van der Waals surface area contributed by atoms with Gasteiger partial charge in [0.05, 0.1) is 10.7 Å². The SMILES string of the molecule is CNCc1cccc(Cl)c1N(C)CC1CCCCC1. The van der Waals surface area contributed by atoms with Crippen molar-refractivity contribution in [2.75, 3.05) is 25.5 Å². The van der Waals surface area contributed by atoms with Crippen LogP contribution in [0.2, 0.25) is 5.02 Å². The molecule has 1 aliphatic rings. The van der Waals surface area contributed by atoms with Gasteiger partial charge in [-0.25, -0.2) is 0 Å². The summed E-state index contributed by atoms with van der Waals surface area (Å²) in [6.07, 6.45) is 6.94. The van der Waals surface area contributed by atoms with Crippen LogP contribution in [0.3, 0.4) is 0 Å². The molecule has 0 heterocycles. The van der Waals surface area contributed by atoms with Gasteiger partial charge in [0.25, 0.3) is 0 Å². The first-order chi connectivity index (χ1) is 9.22. The predicted molar refractivity (Wildman–Crippen MR) is 84.1 cm³/mol. The average Bonchev–Trinajstić information content (AvgIpc) is 2.40. The number of anilines is 1. The molecule has 0 unspecified atom stereocenters. The quantitative estimate of drug-likeness (QED) is 0.874. The van der Waals surface area contributed by atoms with Crippen LogP contribution in [-0.2, 0) is 6.54 Å². The lowest BCUT2D eigenvalue weighted by Gasteiger charge is -2.30. The van der Waals surface area contributed by atoms with Crippen LogP contribution in [0.15, 0.2) is 18.2 Å². The van der Waals surface area contributed by atoms with Crippen molar-refractivity contribution in [3.8, 4) is 0 Å². The van der Waals surface area contributed by atoms with Crippen LogP contribution in [0.1, 0.15) is 37.7 Å². The van der Waals surface area contributed by atoms with E-state index < -0.39 is 0 Å². The molecule has 0 amide bonds. The Labute approximate surface area is 122 Å². The molecule has 0 spiro atoms. The Morgan fingerprint density at radius 2 is 2.00 bits per heavy atom. The second-order valence-electron chi connectivity index (χ2n) is 5.66. The van der Waals surface area contributed by atoms with Gasteiger partial charge in [0.2, 0.25) is 0 Å². The third-order valence-corrected chi connectivity index (χ3v) is 4.38. The third-order valence-electron chi connectivity index (χ3n) is 4.08. The van der Waals surface area contributed by atoms with Crippen LogP contribution >= 0.6 is 11.6 Å². The molecule has 1 aliphatic carbocycles. The summed E-state index contributed by atoms with van der Waals surface area (Å²) in [5.41, 5.74) is 2.48. The second-order valence-corrected chi connectivity index (χ2v) is 6.07.